The number of hydrogen-bond acceptors (Lipinski definition) is 5. The predicted molar refractivity (Wildman–Crippen MR) is 101 cm³/mol. The lowest BCUT2D eigenvalue weighted by Gasteiger charge is -2.08. The maximum absolute atomic E-state index is 12.0. The number of carbonyl (C=O) groups excluding carboxylic acids is 2. The molecule has 0 bridgehead atoms. The lowest BCUT2D eigenvalue weighted by molar-refractivity contribution is -0.120. The first kappa shape index (κ1) is 19.0. The van der Waals surface area contributed by atoms with E-state index in [1.165, 1.54) is 18.4 Å². The highest BCUT2D eigenvalue weighted by Crippen LogP contribution is 2.27. The minimum atomic E-state index is -0.255. The van der Waals surface area contributed by atoms with Gasteiger partial charge in [0.15, 0.2) is 0 Å². The fourth-order valence-corrected chi connectivity index (χ4v) is 2.95. The van der Waals surface area contributed by atoms with Crippen LogP contribution in [0.15, 0.2) is 40.8 Å². The van der Waals surface area contributed by atoms with Crippen LogP contribution in [-0.4, -0.2) is 24.6 Å². The van der Waals surface area contributed by atoms with Crippen LogP contribution in [0.1, 0.15) is 18.2 Å². The molecule has 25 heavy (non-hydrogen) atoms. The predicted octanol–water partition coefficient (Wildman–Crippen LogP) is 3.47. The Hall–Kier alpha value is -2.38. The second-order valence-electron chi connectivity index (χ2n) is 5.21. The van der Waals surface area contributed by atoms with Gasteiger partial charge in [0, 0.05) is 16.3 Å². The maximum atomic E-state index is 12.0. The second kappa shape index (κ2) is 9.19. The van der Waals surface area contributed by atoms with Crippen molar-refractivity contribution in [3.63, 3.8) is 0 Å². The van der Waals surface area contributed by atoms with Crippen LogP contribution < -0.4 is 15.5 Å². The minimum absolute atomic E-state index is 0.0585. The molecule has 2 N–H and O–H groups in total. The summed E-state index contributed by atoms with van der Waals surface area (Å²) in [5.74, 6) is 0.0602. The average Bonchev–Trinajstić information content (AvgIpc) is 3.06. The molecular formula is C17H18ClN3O3S. The number of hydrogen-bond donors (Lipinski definition) is 2. The molecule has 0 aliphatic rings. The molecule has 0 spiro atoms. The van der Waals surface area contributed by atoms with Crippen LogP contribution in [0.25, 0.3) is 0 Å². The Labute approximate surface area is 154 Å². The summed E-state index contributed by atoms with van der Waals surface area (Å²) in [7, 11) is 1.52. The van der Waals surface area contributed by atoms with Crippen LogP contribution >= 0.6 is 22.9 Å². The van der Waals surface area contributed by atoms with Crippen LogP contribution in [-0.2, 0) is 16.0 Å². The number of rotatable bonds is 7. The third kappa shape index (κ3) is 6.21. The van der Waals surface area contributed by atoms with E-state index >= 15 is 0 Å². The molecule has 0 fully saturated rings. The number of amides is 2. The van der Waals surface area contributed by atoms with E-state index in [9.17, 15) is 9.59 Å². The highest BCUT2D eigenvalue weighted by Gasteiger charge is 2.08. The first-order chi connectivity index (χ1) is 12.0. The number of halogens is 1. The average molecular weight is 380 g/mol. The lowest BCUT2D eigenvalue weighted by Crippen LogP contribution is -2.22. The zero-order valence-corrected chi connectivity index (χ0v) is 15.4. The van der Waals surface area contributed by atoms with Crippen molar-refractivity contribution in [2.75, 3.05) is 12.4 Å². The van der Waals surface area contributed by atoms with Crippen molar-refractivity contribution in [2.45, 2.75) is 19.8 Å². The van der Waals surface area contributed by atoms with E-state index in [2.05, 4.69) is 15.8 Å². The number of ether oxygens (including phenoxy) is 1. The van der Waals surface area contributed by atoms with Gasteiger partial charge in [0.05, 0.1) is 25.0 Å². The van der Waals surface area contributed by atoms with E-state index in [1.54, 1.807) is 25.1 Å². The molecule has 0 aliphatic heterocycles. The SMILES string of the molecule is COc1ccc(NC(=O)C/C(C)=N/NC(=O)Cc2cccs2)cc1Cl. The zero-order valence-electron chi connectivity index (χ0n) is 13.8. The highest BCUT2D eigenvalue weighted by molar-refractivity contribution is 7.10. The number of thiophene rings is 1. The molecule has 0 radical (unpaired) electrons. The van der Waals surface area contributed by atoms with Crippen molar-refractivity contribution < 1.29 is 14.3 Å². The summed E-state index contributed by atoms with van der Waals surface area (Å²) < 4.78 is 5.06. The van der Waals surface area contributed by atoms with Crippen molar-refractivity contribution in [1.29, 1.82) is 0 Å². The summed E-state index contributed by atoms with van der Waals surface area (Å²) in [6.07, 6.45) is 0.327. The second-order valence-corrected chi connectivity index (χ2v) is 6.65. The van der Waals surface area contributed by atoms with E-state index in [0.717, 1.165) is 4.88 Å². The molecule has 1 aromatic carbocycles. The lowest BCUT2D eigenvalue weighted by atomic mass is 10.2. The van der Waals surface area contributed by atoms with Gasteiger partial charge >= 0.3 is 0 Å². The van der Waals surface area contributed by atoms with Gasteiger partial charge in [-0.2, -0.15) is 5.10 Å². The third-order valence-corrected chi connectivity index (χ3v) is 4.31. The van der Waals surface area contributed by atoms with Gasteiger partial charge in [-0.3, -0.25) is 9.59 Å². The van der Waals surface area contributed by atoms with Crippen LogP contribution in [0.5, 0.6) is 5.75 Å². The van der Waals surface area contributed by atoms with Gasteiger partial charge in [-0.15, -0.1) is 11.3 Å². The summed E-state index contributed by atoms with van der Waals surface area (Å²) in [5, 5.41) is 8.98. The molecule has 8 heteroatoms. The van der Waals surface area contributed by atoms with Gasteiger partial charge in [0.1, 0.15) is 5.75 Å². The Balaban J connectivity index is 1.82. The number of carbonyl (C=O) groups is 2. The van der Waals surface area contributed by atoms with Crippen molar-refractivity contribution >= 4 is 46.2 Å². The Morgan fingerprint density at radius 2 is 2.08 bits per heavy atom. The first-order valence-electron chi connectivity index (χ1n) is 7.45. The molecule has 1 heterocycles. The Kier molecular flexibility index (Phi) is 6.97. The van der Waals surface area contributed by atoms with Crippen LogP contribution in [0.2, 0.25) is 5.02 Å². The van der Waals surface area contributed by atoms with E-state index in [-0.39, 0.29) is 24.7 Å². The summed E-state index contributed by atoms with van der Waals surface area (Å²) in [5.41, 5.74) is 3.51. The molecule has 0 saturated heterocycles. The highest BCUT2D eigenvalue weighted by atomic mass is 35.5. The number of nitrogens with zero attached hydrogens (tertiary/aromatic N) is 1. The smallest absolute Gasteiger partial charge is 0.245 e. The number of nitrogens with one attached hydrogen (secondary N) is 2. The summed E-state index contributed by atoms with van der Waals surface area (Å²) >= 11 is 7.52. The van der Waals surface area contributed by atoms with Crippen molar-refractivity contribution in [3.8, 4) is 5.75 Å². The maximum Gasteiger partial charge on any atom is 0.245 e. The molecule has 6 nitrogen and oxygen atoms in total. The van der Waals surface area contributed by atoms with Crippen molar-refractivity contribution in [3.05, 3.63) is 45.6 Å². The van der Waals surface area contributed by atoms with Crippen molar-refractivity contribution in [1.82, 2.24) is 5.43 Å². The van der Waals surface area contributed by atoms with Gasteiger partial charge in [0.25, 0.3) is 0 Å². The number of benzene rings is 1. The van der Waals surface area contributed by atoms with Gasteiger partial charge < -0.3 is 10.1 Å². The van der Waals surface area contributed by atoms with Crippen molar-refractivity contribution in [2.24, 2.45) is 5.10 Å². The molecule has 1 aromatic heterocycles. The molecule has 0 aliphatic carbocycles. The Morgan fingerprint density at radius 3 is 2.72 bits per heavy atom. The van der Waals surface area contributed by atoms with Gasteiger partial charge in [-0.25, -0.2) is 5.43 Å². The molecule has 2 aromatic rings. The summed E-state index contributed by atoms with van der Waals surface area (Å²) in [6, 6.07) is 8.74. The summed E-state index contributed by atoms with van der Waals surface area (Å²) in [6.45, 7) is 1.67. The fraction of sp³-hybridized carbons (Fsp3) is 0.235. The van der Waals surface area contributed by atoms with Gasteiger partial charge in [-0.05, 0) is 36.6 Å². The Bertz CT molecular complexity index is 775. The third-order valence-electron chi connectivity index (χ3n) is 3.14. The Morgan fingerprint density at radius 1 is 1.28 bits per heavy atom. The van der Waals surface area contributed by atoms with Crippen LogP contribution in [0.3, 0.4) is 0 Å². The monoisotopic (exact) mass is 379 g/mol. The van der Waals surface area contributed by atoms with Gasteiger partial charge in [0.2, 0.25) is 11.8 Å². The van der Waals surface area contributed by atoms with E-state index < -0.39 is 0 Å². The van der Waals surface area contributed by atoms with Crippen LogP contribution in [0.4, 0.5) is 5.69 Å². The number of hydrazone groups is 1. The standard InChI is InChI=1S/C17H18ClN3O3S/c1-11(20-21-17(23)10-13-4-3-7-25-13)8-16(22)19-12-5-6-15(24-2)14(18)9-12/h3-7,9H,8,10H2,1-2H3,(H,19,22)(H,21,23)/b20-11+. The largest absolute Gasteiger partial charge is 0.495 e. The molecule has 0 unspecified atom stereocenters. The van der Waals surface area contributed by atoms with Gasteiger partial charge in [-0.1, -0.05) is 17.7 Å². The zero-order chi connectivity index (χ0) is 18.2. The van der Waals surface area contributed by atoms with E-state index in [1.807, 2.05) is 17.5 Å². The molecule has 0 atom stereocenters. The molecule has 2 rings (SSSR count). The molecule has 132 valence electrons. The topological polar surface area (TPSA) is 79.8 Å². The molecule has 2 amide bonds. The minimum Gasteiger partial charge on any atom is -0.495 e. The van der Waals surface area contributed by atoms with E-state index in [4.69, 9.17) is 16.3 Å². The number of methoxy groups -OCH3 is 1. The fourth-order valence-electron chi connectivity index (χ4n) is 1.99. The molecule has 0 saturated carbocycles. The van der Waals surface area contributed by atoms with Crippen LogP contribution in [0, 0.1) is 0 Å². The number of anilines is 1. The quantitative estimate of drug-likeness (QED) is 0.571. The van der Waals surface area contributed by atoms with E-state index in [0.29, 0.717) is 22.2 Å². The molecular weight excluding hydrogens is 362 g/mol. The first-order valence-corrected chi connectivity index (χ1v) is 8.71. The summed E-state index contributed by atoms with van der Waals surface area (Å²) in [4.78, 5) is 24.7. The normalized spacial score (nSPS) is 11.1.